The third-order valence-electron chi connectivity index (χ3n) is 3.57. The lowest BCUT2D eigenvalue weighted by Gasteiger charge is -2.22. The summed E-state index contributed by atoms with van der Waals surface area (Å²) in [5.74, 6) is 0. The average molecular weight is 248 g/mol. The number of nitrogens with one attached hydrogen (secondary N) is 1. The molecule has 0 atom stereocenters. The summed E-state index contributed by atoms with van der Waals surface area (Å²) in [6.07, 6.45) is 2.46. The van der Waals surface area contributed by atoms with E-state index >= 15 is 0 Å². The first kappa shape index (κ1) is 13.4. The van der Waals surface area contributed by atoms with Crippen LogP contribution >= 0.6 is 0 Å². The number of anilines is 1. The third kappa shape index (κ3) is 3.47. The Hall–Kier alpha value is -1.06. The van der Waals surface area contributed by atoms with Crippen LogP contribution in [0, 0.1) is 0 Å². The van der Waals surface area contributed by atoms with Gasteiger partial charge in [-0.3, -0.25) is 4.90 Å². The van der Waals surface area contributed by atoms with Gasteiger partial charge in [-0.1, -0.05) is 19.1 Å². The largest absolute Gasteiger partial charge is 0.385 e. The molecule has 0 aromatic heterocycles. The van der Waals surface area contributed by atoms with E-state index in [1.807, 2.05) is 0 Å². The quantitative estimate of drug-likeness (QED) is 0.837. The summed E-state index contributed by atoms with van der Waals surface area (Å²) in [6.45, 7) is 7.21. The predicted molar refractivity (Wildman–Crippen MR) is 76.1 cm³/mol. The molecule has 0 radical (unpaired) electrons. The Morgan fingerprint density at radius 1 is 1.39 bits per heavy atom. The molecule has 1 heterocycles. The summed E-state index contributed by atoms with van der Waals surface area (Å²) in [5, 5.41) is 3.46. The number of fused-ring (bicyclic) bond motifs is 1. The highest BCUT2D eigenvalue weighted by atomic mass is 16.5. The number of hydrogen-bond donors (Lipinski definition) is 1. The molecule has 0 saturated carbocycles. The van der Waals surface area contributed by atoms with Gasteiger partial charge in [0.05, 0.1) is 6.61 Å². The fourth-order valence-electron chi connectivity index (χ4n) is 2.45. The molecule has 18 heavy (non-hydrogen) atoms. The van der Waals surface area contributed by atoms with Crippen molar-refractivity contribution in [2.45, 2.75) is 26.3 Å². The van der Waals surface area contributed by atoms with E-state index in [-0.39, 0.29) is 0 Å². The van der Waals surface area contributed by atoms with Crippen molar-refractivity contribution in [2.24, 2.45) is 0 Å². The number of nitrogens with zero attached hydrogens (tertiary/aromatic N) is 1. The van der Waals surface area contributed by atoms with Crippen molar-refractivity contribution >= 4 is 5.69 Å². The van der Waals surface area contributed by atoms with Gasteiger partial charge in [-0.05, 0) is 36.6 Å². The monoisotopic (exact) mass is 248 g/mol. The van der Waals surface area contributed by atoms with Crippen molar-refractivity contribution in [1.82, 2.24) is 4.90 Å². The normalized spacial score (nSPS) is 14.4. The van der Waals surface area contributed by atoms with Gasteiger partial charge >= 0.3 is 0 Å². The lowest BCUT2D eigenvalue weighted by atomic mass is 10.0. The van der Waals surface area contributed by atoms with Crippen LogP contribution in [0.3, 0.4) is 0 Å². The second-order valence-electron chi connectivity index (χ2n) is 4.88. The van der Waals surface area contributed by atoms with Crippen molar-refractivity contribution in [3.8, 4) is 0 Å². The number of methoxy groups -OCH3 is 1. The van der Waals surface area contributed by atoms with Crippen LogP contribution in [0.25, 0.3) is 0 Å². The highest BCUT2D eigenvalue weighted by Crippen LogP contribution is 2.23. The molecule has 0 unspecified atom stereocenters. The summed E-state index contributed by atoms with van der Waals surface area (Å²) >= 11 is 0. The van der Waals surface area contributed by atoms with Gasteiger partial charge in [0, 0.05) is 32.4 Å². The maximum absolute atomic E-state index is 5.15. The molecular weight excluding hydrogens is 224 g/mol. The van der Waals surface area contributed by atoms with E-state index in [2.05, 4.69) is 35.3 Å². The molecule has 1 aromatic carbocycles. The third-order valence-corrected chi connectivity index (χ3v) is 3.57. The van der Waals surface area contributed by atoms with Crippen LogP contribution < -0.4 is 5.32 Å². The van der Waals surface area contributed by atoms with E-state index in [1.54, 1.807) is 7.11 Å². The SMILES string of the molecule is CCN(CCOC)Cc1ccc2c(c1)CCCN2. The van der Waals surface area contributed by atoms with Gasteiger partial charge in [0.2, 0.25) is 0 Å². The lowest BCUT2D eigenvalue weighted by molar-refractivity contribution is 0.147. The zero-order chi connectivity index (χ0) is 12.8. The number of ether oxygens (including phenoxy) is 1. The smallest absolute Gasteiger partial charge is 0.0589 e. The van der Waals surface area contributed by atoms with Gasteiger partial charge in [-0.25, -0.2) is 0 Å². The van der Waals surface area contributed by atoms with E-state index in [9.17, 15) is 0 Å². The molecule has 3 nitrogen and oxygen atoms in total. The van der Waals surface area contributed by atoms with Crippen molar-refractivity contribution in [1.29, 1.82) is 0 Å². The van der Waals surface area contributed by atoms with Crippen LogP contribution in [0.15, 0.2) is 18.2 Å². The number of benzene rings is 1. The molecule has 1 aliphatic rings. The van der Waals surface area contributed by atoms with Crippen molar-refractivity contribution in [2.75, 3.05) is 38.7 Å². The average Bonchev–Trinajstić information content (AvgIpc) is 2.43. The zero-order valence-corrected chi connectivity index (χ0v) is 11.5. The topological polar surface area (TPSA) is 24.5 Å². The number of aryl methyl sites for hydroxylation is 1. The molecule has 0 amide bonds. The van der Waals surface area contributed by atoms with Crippen molar-refractivity contribution in [3.05, 3.63) is 29.3 Å². The van der Waals surface area contributed by atoms with Crippen LogP contribution in [0.4, 0.5) is 5.69 Å². The van der Waals surface area contributed by atoms with Gasteiger partial charge in [0.25, 0.3) is 0 Å². The molecule has 0 aliphatic carbocycles. The Kier molecular flexibility index (Phi) is 5.02. The van der Waals surface area contributed by atoms with E-state index in [0.29, 0.717) is 0 Å². The standard InChI is InChI=1S/C15H24N2O/c1-3-17(9-10-18-2)12-13-6-7-15-14(11-13)5-4-8-16-15/h6-7,11,16H,3-5,8-10,12H2,1-2H3. The summed E-state index contributed by atoms with van der Waals surface area (Å²) in [7, 11) is 1.76. The Balaban J connectivity index is 1.99. The van der Waals surface area contributed by atoms with E-state index in [1.165, 1.54) is 29.7 Å². The van der Waals surface area contributed by atoms with Crippen molar-refractivity contribution < 1.29 is 4.74 Å². The van der Waals surface area contributed by atoms with Crippen LogP contribution in [0.5, 0.6) is 0 Å². The molecule has 0 fully saturated rings. The fourth-order valence-corrected chi connectivity index (χ4v) is 2.45. The molecule has 1 aromatic rings. The summed E-state index contributed by atoms with van der Waals surface area (Å²) < 4.78 is 5.15. The number of likely N-dealkylation sites (N-methyl/N-ethyl adjacent to an activating group) is 1. The van der Waals surface area contributed by atoms with Crippen LogP contribution in [-0.4, -0.2) is 38.3 Å². The van der Waals surface area contributed by atoms with E-state index < -0.39 is 0 Å². The Morgan fingerprint density at radius 3 is 3.06 bits per heavy atom. The Labute approximate surface area is 110 Å². The highest BCUT2D eigenvalue weighted by molar-refractivity contribution is 5.54. The minimum atomic E-state index is 0.806. The first-order valence-corrected chi connectivity index (χ1v) is 6.90. The zero-order valence-electron chi connectivity index (χ0n) is 11.5. The minimum absolute atomic E-state index is 0.806. The molecule has 100 valence electrons. The summed E-state index contributed by atoms with van der Waals surface area (Å²) in [6, 6.07) is 6.83. The number of rotatable bonds is 6. The van der Waals surface area contributed by atoms with Gasteiger partial charge in [0.15, 0.2) is 0 Å². The van der Waals surface area contributed by atoms with Crippen molar-refractivity contribution in [3.63, 3.8) is 0 Å². The van der Waals surface area contributed by atoms with Crippen LogP contribution in [0.2, 0.25) is 0 Å². The van der Waals surface area contributed by atoms with Gasteiger partial charge in [-0.2, -0.15) is 0 Å². The first-order valence-electron chi connectivity index (χ1n) is 6.90. The summed E-state index contributed by atoms with van der Waals surface area (Å²) in [4.78, 5) is 2.42. The second-order valence-corrected chi connectivity index (χ2v) is 4.88. The minimum Gasteiger partial charge on any atom is -0.385 e. The molecule has 0 saturated heterocycles. The Bertz CT molecular complexity index is 379. The van der Waals surface area contributed by atoms with Crippen LogP contribution in [0.1, 0.15) is 24.5 Å². The maximum atomic E-state index is 5.15. The summed E-state index contributed by atoms with van der Waals surface area (Å²) in [5.41, 5.74) is 4.21. The molecule has 3 heteroatoms. The predicted octanol–water partition coefficient (Wildman–Crippen LogP) is 2.51. The molecule has 0 spiro atoms. The number of hydrogen-bond acceptors (Lipinski definition) is 3. The van der Waals surface area contributed by atoms with Gasteiger partial charge in [-0.15, -0.1) is 0 Å². The maximum Gasteiger partial charge on any atom is 0.0589 e. The highest BCUT2D eigenvalue weighted by Gasteiger charge is 2.10. The molecule has 0 bridgehead atoms. The molecular formula is C15H24N2O. The fraction of sp³-hybridized carbons (Fsp3) is 0.600. The Morgan fingerprint density at radius 2 is 2.28 bits per heavy atom. The van der Waals surface area contributed by atoms with Crippen LogP contribution in [-0.2, 0) is 17.7 Å². The first-order chi connectivity index (χ1) is 8.83. The van der Waals surface area contributed by atoms with E-state index in [0.717, 1.165) is 32.8 Å². The second kappa shape index (κ2) is 6.76. The molecule has 1 aliphatic heterocycles. The molecule has 1 N–H and O–H groups in total. The van der Waals surface area contributed by atoms with Gasteiger partial charge < -0.3 is 10.1 Å². The lowest BCUT2D eigenvalue weighted by Crippen LogP contribution is -2.26. The molecule has 2 rings (SSSR count). The van der Waals surface area contributed by atoms with E-state index in [4.69, 9.17) is 4.74 Å². The van der Waals surface area contributed by atoms with Gasteiger partial charge in [0.1, 0.15) is 0 Å².